The summed E-state index contributed by atoms with van der Waals surface area (Å²) in [5, 5.41) is 13.1. The standard InChI is InChI=1S/C20H20FN3OS/c21-17-6-2-1-4-13(17)11-24(14-8-9-14)12-19(25)23-20-16(10-22)15-5-3-7-18(15)26-20/h1-2,4,6,14H,3,5,7-9,11-12H2,(H,23,25)/p+1. The van der Waals surface area contributed by atoms with Gasteiger partial charge in [-0.2, -0.15) is 5.26 Å². The molecule has 4 nitrogen and oxygen atoms in total. The lowest BCUT2D eigenvalue weighted by atomic mass is 10.1. The van der Waals surface area contributed by atoms with Gasteiger partial charge < -0.3 is 10.2 Å². The number of nitrogens with one attached hydrogen (secondary N) is 2. The van der Waals surface area contributed by atoms with Crippen molar-refractivity contribution >= 4 is 22.2 Å². The third-order valence-corrected chi connectivity index (χ3v) is 6.41. The van der Waals surface area contributed by atoms with Crippen LogP contribution in [0.15, 0.2) is 24.3 Å². The van der Waals surface area contributed by atoms with Gasteiger partial charge in [0, 0.05) is 23.3 Å². The second-order valence-corrected chi connectivity index (χ2v) is 8.20. The SMILES string of the molecule is N#Cc1c(NC(=O)C[NH+](Cc2ccccc2F)C2CC2)sc2c1CCC2. The highest BCUT2D eigenvalue weighted by molar-refractivity contribution is 7.16. The van der Waals surface area contributed by atoms with E-state index in [9.17, 15) is 14.4 Å². The predicted molar refractivity (Wildman–Crippen MR) is 98.6 cm³/mol. The highest BCUT2D eigenvalue weighted by atomic mass is 32.1. The quantitative estimate of drug-likeness (QED) is 0.821. The van der Waals surface area contributed by atoms with Crippen molar-refractivity contribution < 1.29 is 14.1 Å². The van der Waals surface area contributed by atoms with Crippen LogP contribution in [0.5, 0.6) is 0 Å². The van der Waals surface area contributed by atoms with Crippen LogP contribution >= 0.6 is 11.3 Å². The Bertz CT molecular complexity index is 882. The molecule has 1 aromatic carbocycles. The molecule has 1 atom stereocenters. The number of amides is 1. The summed E-state index contributed by atoms with van der Waals surface area (Å²) in [6.45, 7) is 0.809. The largest absolute Gasteiger partial charge is 0.321 e. The summed E-state index contributed by atoms with van der Waals surface area (Å²) in [7, 11) is 0. The first kappa shape index (κ1) is 17.2. The molecule has 0 bridgehead atoms. The van der Waals surface area contributed by atoms with Gasteiger partial charge in [0.25, 0.3) is 5.91 Å². The number of quaternary nitrogens is 1. The minimum atomic E-state index is -0.215. The van der Waals surface area contributed by atoms with E-state index in [1.165, 1.54) is 22.3 Å². The van der Waals surface area contributed by atoms with Crippen molar-refractivity contribution in [2.75, 3.05) is 11.9 Å². The van der Waals surface area contributed by atoms with Crippen LogP contribution in [0.2, 0.25) is 0 Å². The number of fused-ring (bicyclic) bond motifs is 1. The fraction of sp³-hybridized carbons (Fsp3) is 0.400. The van der Waals surface area contributed by atoms with Gasteiger partial charge >= 0.3 is 0 Å². The number of benzene rings is 1. The molecule has 0 radical (unpaired) electrons. The number of rotatable bonds is 6. The van der Waals surface area contributed by atoms with E-state index in [2.05, 4.69) is 11.4 Å². The third kappa shape index (κ3) is 3.50. The second kappa shape index (κ2) is 7.18. The van der Waals surface area contributed by atoms with E-state index < -0.39 is 0 Å². The molecule has 1 aromatic heterocycles. The van der Waals surface area contributed by atoms with Crippen molar-refractivity contribution in [3.8, 4) is 6.07 Å². The minimum Gasteiger partial charge on any atom is -0.321 e. The predicted octanol–water partition coefficient (Wildman–Crippen LogP) is 2.43. The van der Waals surface area contributed by atoms with E-state index in [-0.39, 0.29) is 11.7 Å². The highest BCUT2D eigenvalue weighted by Gasteiger charge is 2.35. The molecule has 0 aliphatic heterocycles. The summed E-state index contributed by atoms with van der Waals surface area (Å²) in [6, 6.07) is 9.44. The number of carbonyl (C=O) groups is 1. The molecule has 1 amide bonds. The van der Waals surface area contributed by atoms with Gasteiger partial charge in [-0.25, -0.2) is 4.39 Å². The van der Waals surface area contributed by atoms with Crippen LogP contribution in [0, 0.1) is 17.1 Å². The number of nitriles is 1. The van der Waals surface area contributed by atoms with Gasteiger partial charge in [-0.1, -0.05) is 18.2 Å². The Morgan fingerprint density at radius 1 is 1.35 bits per heavy atom. The molecule has 6 heteroatoms. The van der Waals surface area contributed by atoms with Crippen LogP contribution in [0.25, 0.3) is 0 Å². The first-order valence-electron chi connectivity index (χ1n) is 9.08. The zero-order chi connectivity index (χ0) is 18.1. The number of anilines is 1. The Labute approximate surface area is 156 Å². The Morgan fingerprint density at radius 3 is 2.88 bits per heavy atom. The topological polar surface area (TPSA) is 57.3 Å². The van der Waals surface area contributed by atoms with E-state index in [0.717, 1.165) is 42.6 Å². The highest BCUT2D eigenvalue weighted by Crippen LogP contribution is 2.38. The van der Waals surface area contributed by atoms with Gasteiger partial charge in [0.1, 0.15) is 23.4 Å². The maximum Gasteiger partial charge on any atom is 0.280 e. The maximum atomic E-state index is 14.0. The second-order valence-electron chi connectivity index (χ2n) is 7.10. The summed E-state index contributed by atoms with van der Waals surface area (Å²) in [5.74, 6) is -0.313. The molecule has 0 spiro atoms. The summed E-state index contributed by atoms with van der Waals surface area (Å²) in [6.07, 6.45) is 5.17. The maximum absolute atomic E-state index is 14.0. The molecule has 0 saturated heterocycles. The Balaban J connectivity index is 1.45. The zero-order valence-corrected chi connectivity index (χ0v) is 15.3. The van der Waals surface area contributed by atoms with Crippen LogP contribution in [-0.2, 0) is 24.2 Å². The number of thiophene rings is 1. The number of carbonyl (C=O) groups excluding carboxylic acids is 1. The van der Waals surface area contributed by atoms with E-state index >= 15 is 0 Å². The lowest BCUT2D eigenvalue weighted by Gasteiger charge is -2.19. The minimum absolute atomic E-state index is 0.0975. The van der Waals surface area contributed by atoms with E-state index in [1.807, 2.05) is 6.07 Å². The Morgan fingerprint density at radius 2 is 2.15 bits per heavy atom. The first-order valence-corrected chi connectivity index (χ1v) is 9.90. The first-order chi connectivity index (χ1) is 12.7. The Kier molecular flexibility index (Phi) is 4.75. The fourth-order valence-corrected chi connectivity index (χ4v) is 4.97. The van der Waals surface area contributed by atoms with Crippen molar-refractivity contribution in [2.24, 2.45) is 0 Å². The summed E-state index contributed by atoms with van der Waals surface area (Å²) in [5.41, 5.74) is 2.40. The molecule has 2 aromatic rings. The molecule has 2 aliphatic carbocycles. The van der Waals surface area contributed by atoms with Crippen molar-refractivity contribution in [2.45, 2.75) is 44.7 Å². The molecule has 4 rings (SSSR count). The van der Waals surface area contributed by atoms with Crippen LogP contribution in [0.4, 0.5) is 9.39 Å². The van der Waals surface area contributed by atoms with Crippen LogP contribution in [0.1, 0.15) is 40.8 Å². The molecular formula is C20H21FN3OS+. The number of nitrogens with zero attached hydrogens (tertiary/aromatic N) is 1. The van der Waals surface area contributed by atoms with Gasteiger partial charge in [-0.05, 0) is 30.9 Å². The number of hydrogen-bond acceptors (Lipinski definition) is 3. The van der Waals surface area contributed by atoms with Gasteiger partial charge in [0.2, 0.25) is 0 Å². The summed E-state index contributed by atoms with van der Waals surface area (Å²) >= 11 is 1.54. The molecule has 2 N–H and O–H groups in total. The molecule has 26 heavy (non-hydrogen) atoms. The van der Waals surface area contributed by atoms with Crippen LogP contribution in [-0.4, -0.2) is 18.5 Å². The van der Waals surface area contributed by atoms with Gasteiger partial charge in [-0.15, -0.1) is 11.3 Å². The number of halogens is 1. The average Bonchev–Trinajstić information content (AvgIpc) is 3.28. The van der Waals surface area contributed by atoms with Crippen molar-refractivity contribution in [3.05, 3.63) is 51.7 Å². The van der Waals surface area contributed by atoms with E-state index in [1.54, 1.807) is 12.1 Å². The van der Waals surface area contributed by atoms with Gasteiger partial charge in [0.15, 0.2) is 6.54 Å². The summed E-state index contributed by atoms with van der Waals surface area (Å²) in [4.78, 5) is 14.9. The third-order valence-electron chi connectivity index (χ3n) is 5.20. The van der Waals surface area contributed by atoms with Crippen molar-refractivity contribution in [3.63, 3.8) is 0 Å². The van der Waals surface area contributed by atoms with Crippen LogP contribution in [0.3, 0.4) is 0 Å². The van der Waals surface area contributed by atoms with Crippen molar-refractivity contribution in [1.82, 2.24) is 0 Å². The van der Waals surface area contributed by atoms with Gasteiger partial charge in [-0.3, -0.25) is 4.79 Å². The lowest BCUT2D eigenvalue weighted by Crippen LogP contribution is -3.13. The van der Waals surface area contributed by atoms with E-state index in [0.29, 0.717) is 35.3 Å². The molecule has 1 heterocycles. The molecule has 1 unspecified atom stereocenters. The number of hydrogen-bond donors (Lipinski definition) is 2. The fourth-order valence-electron chi connectivity index (χ4n) is 3.72. The Hall–Kier alpha value is -2.23. The molecule has 134 valence electrons. The van der Waals surface area contributed by atoms with E-state index in [4.69, 9.17) is 0 Å². The normalized spacial score (nSPS) is 16.8. The zero-order valence-electron chi connectivity index (χ0n) is 14.5. The van der Waals surface area contributed by atoms with Crippen LogP contribution < -0.4 is 10.2 Å². The lowest BCUT2D eigenvalue weighted by molar-refractivity contribution is -0.917. The average molecular weight is 370 g/mol. The van der Waals surface area contributed by atoms with Gasteiger partial charge in [0.05, 0.1) is 11.6 Å². The smallest absolute Gasteiger partial charge is 0.280 e. The number of aryl methyl sites for hydroxylation is 1. The molecule has 2 aliphatic rings. The summed E-state index contributed by atoms with van der Waals surface area (Å²) < 4.78 is 14.0. The van der Waals surface area contributed by atoms with Crippen molar-refractivity contribution in [1.29, 1.82) is 5.26 Å². The molecule has 1 fully saturated rings. The molecular weight excluding hydrogens is 349 g/mol. The monoisotopic (exact) mass is 370 g/mol. The molecule has 1 saturated carbocycles.